The molecular formula is C22H22F3NO3. The summed E-state index contributed by atoms with van der Waals surface area (Å²) in [6, 6.07) is 10.8. The Bertz CT molecular complexity index is 902. The third kappa shape index (κ3) is 5.44. The molecule has 0 unspecified atom stereocenters. The van der Waals surface area contributed by atoms with Crippen LogP contribution in [0.3, 0.4) is 0 Å². The largest absolute Gasteiger partial charge is 0.416 e. The first-order valence-corrected chi connectivity index (χ1v) is 9.38. The summed E-state index contributed by atoms with van der Waals surface area (Å²) >= 11 is 0. The number of halogens is 3. The summed E-state index contributed by atoms with van der Waals surface area (Å²) in [6.45, 7) is 3.31. The third-order valence-electron chi connectivity index (χ3n) is 4.83. The Morgan fingerprint density at radius 2 is 1.76 bits per heavy atom. The molecular weight excluding hydrogens is 383 g/mol. The number of amides is 1. The fraction of sp³-hybridized carbons (Fsp3) is 0.364. The molecule has 0 bridgehead atoms. The number of carbonyl (C=O) groups is 2. The van der Waals surface area contributed by atoms with E-state index in [1.165, 1.54) is 17.0 Å². The highest BCUT2D eigenvalue weighted by Crippen LogP contribution is 2.33. The summed E-state index contributed by atoms with van der Waals surface area (Å²) in [4.78, 5) is 26.4. The monoisotopic (exact) mass is 405 g/mol. The number of ether oxygens (including phenoxy) is 1. The molecule has 1 amide bonds. The topological polar surface area (TPSA) is 46.6 Å². The summed E-state index contributed by atoms with van der Waals surface area (Å²) in [5, 5.41) is 0. The van der Waals surface area contributed by atoms with Crippen LogP contribution < -0.4 is 0 Å². The fourth-order valence-corrected chi connectivity index (χ4v) is 3.40. The number of carbonyl (C=O) groups excluding carboxylic acids is 2. The quantitative estimate of drug-likeness (QED) is 0.759. The van der Waals surface area contributed by atoms with E-state index in [2.05, 4.69) is 0 Å². The first kappa shape index (κ1) is 21.0. The Morgan fingerprint density at radius 3 is 2.41 bits per heavy atom. The maximum atomic E-state index is 13.6. The first-order valence-electron chi connectivity index (χ1n) is 9.38. The van der Waals surface area contributed by atoms with E-state index in [0.29, 0.717) is 26.3 Å². The van der Waals surface area contributed by atoms with Gasteiger partial charge in [-0.1, -0.05) is 35.9 Å². The second-order valence-electron chi connectivity index (χ2n) is 7.16. The zero-order valence-corrected chi connectivity index (χ0v) is 16.1. The summed E-state index contributed by atoms with van der Waals surface area (Å²) in [6.07, 6.45) is -4.93. The Morgan fingerprint density at radius 1 is 1.03 bits per heavy atom. The zero-order valence-electron chi connectivity index (χ0n) is 16.1. The van der Waals surface area contributed by atoms with Crippen molar-refractivity contribution >= 4 is 11.7 Å². The molecule has 0 saturated carbocycles. The number of aryl methyl sites for hydroxylation is 1. The van der Waals surface area contributed by atoms with Gasteiger partial charge in [-0.25, -0.2) is 0 Å². The third-order valence-corrected chi connectivity index (χ3v) is 4.83. The van der Waals surface area contributed by atoms with Gasteiger partial charge in [0.2, 0.25) is 0 Å². The number of rotatable bonds is 5. The number of morpholine rings is 1. The molecule has 4 nitrogen and oxygen atoms in total. The summed E-state index contributed by atoms with van der Waals surface area (Å²) < 4.78 is 46.0. The Balaban J connectivity index is 1.80. The summed E-state index contributed by atoms with van der Waals surface area (Å²) in [5.74, 6) is -0.773. The van der Waals surface area contributed by atoms with Crippen LogP contribution in [0.2, 0.25) is 0 Å². The zero-order chi connectivity index (χ0) is 21.0. The van der Waals surface area contributed by atoms with E-state index < -0.39 is 17.6 Å². The molecule has 0 atom stereocenters. The van der Waals surface area contributed by atoms with Gasteiger partial charge in [0, 0.05) is 31.5 Å². The van der Waals surface area contributed by atoms with Gasteiger partial charge in [-0.3, -0.25) is 9.59 Å². The molecule has 2 aromatic carbocycles. The lowest BCUT2D eigenvalue weighted by molar-refractivity contribution is -0.138. The predicted molar refractivity (Wildman–Crippen MR) is 102 cm³/mol. The molecule has 1 aliphatic heterocycles. The van der Waals surface area contributed by atoms with Crippen LogP contribution in [-0.2, 0) is 28.5 Å². The van der Waals surface area contributed by atoms with Gasteiger partial charge in [0.05, 0.1) is 18.8 Å². The predicted octanol–water partition coefficient (Wildman–Crippen LogP) is 3.84. The number of hydrogen-bond acceptors (Lipinski definition) is 3. The lowest BCUT2D eigenvalue weighted by atomic mass is 9.96. The minimum absolute atomic E-state index is 0.0332. The van der Waals surface area contributed by atoms with Crippen molar-refractivity contribution in [2.75, 3.05) is 26.3 Å². The van der Waals surface area contributed by atoms with Gasteiger partial charge in [-0.2, -0.15) is 13.2 Å². The van der Waals surface area contributed by atoms with E-state index >= 15 is 0 Å². The van der Waals surface area contributed by atoms with Crippen LogP contribution in [0.25, 0.3) is 0 Å². The number of benzene rings is 2. The summed E-state index contributed by atoms with van der Waals surface area (Å²) in [5.41, 5.74) is 0.664. The Kier molecular flexibility index (Phi) is 6.37. The van der Waals surface area contributed by atoms with E-state index in [-0.39, 0.29) is 29.8 Å². The van der Waals surface area contributed by atoms with E-state index in [1.807, 2.05) is 25.1 Å². The smallest absolute Gasteiger partial charge is 0.378 e. The number of nitrogens with zero attached hydrogens (tertiary/aromatic N) is 1. The van der Waals surface area contributed by atoms with Gasteiger partial charge in [0.1, 0.15) is 5.78 Å². The van der Waals surface area contributed by atoms with Crippen LogP contribution in [0.5, 0.6) is 0 Å². The molecule has 0 spiro atoms. The van der Waals surface area contributed by atoms with Crippen molar-refractivity contribution in [2.24, 2.45) is 0 Å². The van der Waals surface area contributed by atoms with Crippen LogP contribution >= 0.6 is 0 Å². The van der Waals surface area contributed by atoms with Crippen molar-refractivity contribution in [3.05, 3.63) is 70.3 Å². The molecule has 0 aliphatic carbocycles. The number of Topliss-reactive ketones (excluding diaryl/α,β-unsaturated/α-hetero) is 1. The minimum atomic E-state index is -4.65. The maximum absolute atomic E-state index is 13.6. The molecule has 3 rings (SSSR count). The van der Waals surface area contributed by atoms with Crippen molar-refractivity contribution in [3.63, 3.8) is 0 Å². The average molecular weight is 405 g/mol. The van der Waals surface area contributed by atoms with E-state index in [9.17, 15) is 22.8 Å². The minimum Gasteiger partial charge on any atom is -0.378 e. The molecule has 29 heavy (non-hydrogen) atoms. The van der Waals surface area contributed by atoms with Crippen molar-refractivity contribution in [3.8, 4) is 0 Å². The highest BCUT2D eigenvalue weighted by atomic mass is 19.4. The lowest BCUT2D eigenvalue weighted by Gasteiger charge is -2.27. The van der Waals surface area contributed by atoms with Crippen LogP contribution in [-0.4, -0.2) is 42.9 Å². The molecule has 0 aromatic heterocycles. The first-order chi connectivity index (χ1) is 13.7. The maximum Gasteiger partial charge on any atom is 0.416 e. The van der Waals surface area contributed by atoms with Crippen molar-refractivity contribution < 1.29 is 27.5 Å². The van der Waals surface area contributed by atoms with Crippen molar-refractivity contribution in [2.45, 2.75) is 25.9 Å². The van der Waals surface area contributed by atoms with E-state index in [1.54, 1.807) is 6.07 Å². The van der Waals surface area contributed by atoms with Crippen molar-refractivity contribution in [1.82, 2.24) is 4.90 Å². The Hall–Kier alpha value is -2.67. The van der Waals surface area contributed by atoms with Gasteiger partial charge in [-0.05, 0) is 30.2 Å². The molecule has 1 saturated heterocycles. The highest BCUT2D eigenvalue weighted by Gasteiger charge is 2.35. The molecule has 7 heteroatoms. The fourth-order valence-electron chi connectivity index (χ4n) is 3.40. The van der Waals surface area contributed by atoms with Crippen LogP contribution in [0.4, 0.5) is 13.2 Å². The molecule has 0 N–H and O–H groups in total. The van der Waals surface area contributed by atoms with E-state index in [4.69, 9.17) is 4.74 Å². The van der Waals surface area contributed by atoms with Gasteiger partial charge < -0.3 is 9.64 Å². The SMILES string of the molecule is Cc1cccc(CC(=O)Cc2ccc(C(=O)N3CCOCC3)cc2C(F)(F)F)c1. The number of alkyl halides is 3. The molecule has 0 radical (unpaired) electrons. The number of ketones is 1. The van der Waals surface area contributed by atoms with Crippen LogP contribution in [0, 0.1) is 6.92 Å². The van der Waals surface area contributed by atoms with Crippen LogP contribution in [0.1, 0.15) is 32.6 Å². The lowest BCUT2D eigenvalue weighted by Crippen LogP contribution is -2.40. The van der Waals surface area contributed by atoms with Gasteiger partial charge in [0.25, 0.3) is 5.91 Å². The summed E-state index contributed by atoms with van der Waals surface area (Å²) in [7, 11) is 0. The highest BCUT2D eigenvalue weighted by molar-refractivity contribution is 5.95. The molecule has 2 aromatic rings. The van der Waals surface area contributed by atoms with Crippen LogP contribution in [0.15, 0.2) is 42.5 Å². The molecule has 1 aliphatic rings. The standard InChI is InChI=1S/C22H22F3NO3/c1-15-3-2-4-16(11-15)12-19(27)13-17-5-6-18(14-20(17)22(23,24)25)21(28)26-7-9-29-10-8-26/h2-6,11,14H,7-10,12-13H2,1H3. The van der Waals surface area contributed by atoms with Crippen molar-refractivity contribution in [1.29, 1.82) is 0 Å². The Labute approximate surface area is 167 Å². The van der Waals surface area contributed by atoms with Gasteiger partial charge in [0.15, 0.2) is 0 Å². The van der Waals surface area contributed by atoms with E-state index in [0.717, 1.165) is 17.2 Å². The van der Waals surface area contributed by atoms with Gasteiger partial charge in [-0.15, -0.1) is 0 Å². The van der Waals surface area contributed by atoms with Gasteiger partial charge >= 0.3 is 6.18 Å². The number of hydrogen-bond donors (Lipinski definition) is 0. The molecule has 154 valence electrons. The normalized spacial score (nSPS) is 14.7. The molecule has 1 fully saturated rings. The molecule has 1 heterocycles. The second-order valence-corrected chi connectivity index (χ2v) is 7.16. The average Bonchev–Trinajstić information content (AvgIpc) is 2.67. The second kappa shape index (κ2) is 8.78.